The second kappa shape index (κ2) is 7.27. The zero-order chi connectivity index (χ0) is 12.7. The van der Waals surface area contributed by atoms with Gasteiger partial charge in [-0.1, -0.05) is 6.92 Å². The second-order valence-electron chi connectivity index (χ2n) is 4.17. The number of amides is 1. The lowest BCUT2D eigenvalue weighted by Crippen LogP contribution is -2.47. The zero-order valence-electron chi connectivity index (χ0n) is 10.7. The third kappa shape index (κ3) is 4.34. The van der Waals surface area contributed by atoms with Crippen molar-refractivity contribution in [1.29, 1.82) is 0 Å². The predicted octanol–water partition coefficient (Wildman–Crippen LogP) is 0.540. The summed E-state index contributed by atoms with van der Waals surface area (Å²) in [5, 5.41) is 2.88. The van der Waals surface area contributed by atoms with E-state index < -0.39 is 0 Å². The van der Waals surface area contributed by atoms with Crippen LogP contribution in [0.1, 0.15) is 33.1 Å². The predicted molar refractivity (Wildman–Crippen MR) is 64.5 cm³/mol. The number of nitrogens with zero attached hydrogens (tertiary/aromatic N) is 1. The summed E-state index contributed by atoms with van der Waals surface area (Å²) in [6.45, 7) is 5.74. The number of carbonyl (C=O) groups is 2. The summed E-state index contributed by atoms with van der Waals surface area (Å²) in [4.78, 5) is 25.2. The molecule has 5 heteroatoms. The van der Waals surface area contributed by atoms with Gasteiger partial charge in [-0.25, -0.2) is 0 Å². The molecule has 1 amide bonds. The lowest BCUT2D eigenvalue weighted by Gasteiger charge is -2.27. The van der Waals surface area contributed by atoms with E-state index in [0.717, 1.165) is 25.8 Å². The van der Waals surface area contributed by atoms with Crippen LogP contribution in [-0.2, 0) is 14.3 Å². The standard InChI is InChI=1S/C12H22N2O3/c1-3-14(9-11(15)17-4-2)10-7-5-6-8-13-12(10)16/h10H,3-9H2,1-2H3,(H,13,16). The molecule has 0 spiro atoms. The van der Waals surface area contributed by atoms with E-state index in [1.165, 1.54) is 0 Å². The molecule has 1 saturated heterocycles. The summed E-state index contributed by atoms with van der Waals surface area (Å²) in [5.74, 6) is -0.222. The maximum absolute atomic E-state index is 11.8. The summed E-state index contributed by atoms with van der Waals surface area (Å²) in [6, 6.07) is -0.188. The summed E-state index contributed by atoms with van der Waals surface area (Å²) in [7, 11) is 0. The van der Waals surface area contributed by atoms with Crippen molar-refractivity contribution in [2.75, 3.05) is 26.2 Å². The minimum absolute atomic E-state index is 0.0358. The van der Waals surface area contributed by atoms with Gasteiger partial charge in [-0.3, -0.25) is 14.5 Å². The molecule has 0 bridgehead atoms. The quantitative estimate of drug-likeness (QED) is 0.715. The molecule has 98 valence electrons. The topological polar surface area (TPSA) is 58.6 Å². The van der Waals surface area contributed by atoms with Crippen molar-refractivity contribution < 1.29 is 14.3 Å². The Kier molecular flexibility index (Phi) is 5.97. The molecule has 0 aliphatic carbocycles. The third-order valence-electron chi connectivity index (χ3n) is 2.99. The first-order valence-electron chi connectivity index (χ1n) is 6.36. The highest BCUT2D eigenvalue weighted by atomic mass is 16.5. The summed E-state index contributed by atoms with van der Waals surface area (Å²) in [6.07, 6.45) is 2.85. The molecule has 0 aromatic rings. The Hall–Kier alpha value is -1.10. The molecule has 0 radical (unpaired) electrons. The smallest absolute Gasteiger partial charge is 0.320 e. The molecule has 0 aromatic carbocycles. The number of rotatable bonds is 5. The number of hydrogen-bond donors (Lipinski definition) is 1. The van der Waals surface area contributed by atoms with Gasteiger partial charge < -0.3 is 10.1 Å². The average molecular weight is 242 g/mol. The molecule has 1 N–H and O–H groups in total. The maximum Gasteiger partial charge on any atom is 0.320 e. The summed E-state index contributed by atoms with van der Waals surface area (Å²) < 4.78 is 4.92. The van der Waals surface area contributed by atoms with Crippen molar-refractivity contribution in [3.05, 3.63) is 0 Å². The van der Waals surface area contributed by atoms with E-state index in [4.69, 9.17) is 4.74 Å². The van der Waals surface area contributed by atoms with Crippen LogP contribution in [0.15, 0.2) is 0 Å². The first kappa shape index (κ1) is 14.0. The summed E-state index contributed by atoms with van der Waals surface area (Å²) >= 11 is 0. The van der Waals surface area contributed by atoms with Gasteiger partial charge in [0.2, 0.25) is 5.91 Å². The third-order valence-corrected chi connectivity index (χ3v) is 2.99. The van der Waals surface area contributed by atoms with Crippen molar-refractivity contribution in [2.45, 2.75) is 39.2 Å². The van der Waals surface area contributed by atoms with Gasteiger partial charge in [0.1, 0.15) is 0 Å². The second-order valence-corrected chi connectivity index (χ2v) is 4.17. The van der Waals surface area contributed by atoms with Crippen LogP contribution in [0.4, 0.5) is 0 Å². The highest BCUT2D eigenvalue weighted by Crippen LogP contribution is 2.12. The molecule has 1 fully saturated rings. The number of esters is 1. The van der Waals surface area contributed by atoms with Crippen LogP contribution in [0.3, 0.4) is 0 Å². The first-order valence-corrected chi connectivity index (χ1v) is 6.36. The fraction of sp³-hybridized carbons (Fsp3) is 0.833. The molecule has 1 aliphatic rings. The summed E-state index contributed by atoms with van der Waals surface area (Å²) in [5.41, 5.74) is 0. The van der Waals surface area contributed by atoms with Gasteiger partial charge in [-0.15, -0.1) is 0 Å². The SMILES string of the molecule is CCOC(=O)CN(CC)C1CCCCNC1=O. The average Bonchev–Trinajstić information content (AvgIpc) is 2.51. The molecule has 1 atom stereocenters. The van der Waals surface area contributed by atoms with Crippen molar-refractivity contribution in [2.24, 2.45) is 0 Å². The van der Waals surface area contributed by atoms with E-state index in [1.807, 2.05) is 11.8 Å². The molecular formula is C12H22N2O3. The van der Waals surface area contributed by atoms with Crippen molar-refractivity contribution in [1.82, 2.24) is 10.2 Å². The van der Waals surface area contributed by atoms with Gasteiger partial charge >= 0.3 is 5.97 Å². The first-order chi connectivity index (χ1) is 8.19. The molecule has 0 aromatic heterocycles. The van der Waals surface area contributed by atoms with E-state index in [1.54, 1.807) is 6.92 Å². The van der Waals surface area contributed by atoms with Crippen molar-refractivity contribution >= 4 is 11.9 Å². The van der Waals surface area contributed by atoms with Crippen LogP contribution in [0, 0.1) is 0 Å². The molecule has 1 unspecified atom stereocenters. The number of carbonyl (C=O) groups excluding carboxylic acids is 2. The largest absolute Gasteiger partial charge is 0.465 e. The van der Waals surface area contributed by atoms with Crippen LogP contribution in [0.2, 0.25) is 0 Å². The molecule has 5 nitrogen and oxygen atoms in total. The normalized spacial score (nSPS) is 20.9. The Labute approximate surface area is 102 Å². The number of nitrogens with one attached hydrogen (secondary N) is 1. The molecule has 1 aliphatic heterocycles. The lowest BCUT2D eigenvalue weighted by molar-refractivity contribution is -0.145. The van der Waals surface area contributed by atoms with E-state index in [-0.39, 0.29) is 24.5 Å². The minimum Gasteiger partial charge on any atom is -0.465 e. The Balaban J connectivity index is 2.57. The van der Waals surface area contributed by atoms with E-state index in [9.17, 15) is 9.59 Å². The lowest BCUT2D eigenvalue weighted by atomic mass is 10.1. The van der Waals surface area contributed by atoms with Crippen molar-refractivity contribution in [3.63, 3.8) is 0 Å². The van der Waals surface area contributed by atoms with Crippen LogP contribution in [0.5, 0.6) is 0 Å². The highest BCUT2D eigenvalue weighted by molar-refractivity contribution is 5.82. The van der Waals surface area contributed by atoms with Crippen LogP contribution in [0.25, 0.3) is 0 Å². The van der Waals surface area contributed by atoms with Crippen LogP contribution in [-0.4, -0.2) is 49.1 Å². The zero-order valence-corrected chi connectivity index (χ0v) is 10.7. The Morgan fingerprint density at radius 2 is 2.24 bits per heavy atom. The van der Waals surface area contributed by atoms with Gasteiger partial charge in [0, 0.05) is 6.54 Å². The monoisotopic (exact) mass is 242 g/mol. The molecule has 17 heavy (non-hydrogen) atoms. The maximum atomic E-state index is 11.8. The van der Waals surface area contributed by atoms with Gasteiger partial charge in [-0.2, -0.15) is 0 Å². The molecule has 1 heterocycles. The molecular weight excluding hydrogens is 220 g/mol. The minimum atomic E-state index is -0.258. The van der Waals surface area contributed by atoms with Gasteiger partial charge in [-0.05, 0) is 32.7 Å². The van der Waals surface area contributed by atoms with Gasteiger partial charge in [0.15, 0.2) is 0 Å². The van der Waals surface area contributed by atoms with Crippen LogP contribution >= 0.6 is 0 Å². The Morgan fingerprint density at radius 3 is 2.88 bits per heavy atom. The Morgan fingerprint density at radius 1 is 1.47 bits per heavy atom. The number of ether oxygens (including phenoxy) is 1. The van der Waals surface area contributed by atoms with Crippen LogP contribution < -0.4 is 5.32 Å². The highest BCUT2D eigenvalue weighted by Gasteiger charge is 2.27. The van der Waals surface area contributed by atoms with Crippen molar-refractivity contribution in [3.8, 4) is 0 Å². The Bertz CT molecular complexity index is 268. The number of hydrogen-bond acceptors (Lipinski definition) is 4. The fourth-order valence-corrected chi connectivity index (χ4v) is 2.09. The fourth-order valence-electron chi connectivity index (χ4n) is 2.09. The van der Waals surface area contributed by atoms with E-state index >= 15 is 0 Å². The van der Waals surface area contributed by atoms with E-state index in [0.29, 0.717) is 13.2 Å². The molecule has 1 rings (SSSR count). The van der Waals surface area contributed by atoms with E-state index in [2.05, 4.69) is 5.32 Å². The number of likely N-dealkylation sites (N-methyl/N-ethyl adjacent to an activating group) is 1. The van der Waals surface area contributed by atoms with Gasteiger partial charge in [0.05, 0.1) is 19.2 Å². The molecule has 0 saturated carbocycles. The van der Waals surface area contributed by atoms with Gasteiger partial charge in [0.25, 0.3) is 0 Å².